The number of nitrogens with one attached hydrogen (secondary N) is 1. The molecule has 3 rings (SSSR count). The summed E-state index contributed by atoms with van der Waals surface area (Å²) in [5.74, 6) is 0.255. The van der Waals surface area contributed by atoms with Gasteiger partial charge in [0.25, 0.3) is 10.0 Å². The molecule has 8 heteroatoms. The number of esters is 1. The molecule has 0 unspecified atom stereocenters. The highest BCUT2D eigenvalue weighted by Crippen LogP contribution is 2.32. The maximum absolute atomic E-state index is 12.7. The number of ether oxygens (including phenoxy) is 3. The number of carbonyl (C=O) groups excluding carboxylic acids is 1. The van der Waals surface area contributed by atoms with Crippen molar-refractivity contribution in [2.45, 2.75) is 11.3 Å². The van der Waals surface area contributed by atoms with Crippen molar-refractivity contribution in [3.05, 3.63) is 48.0 Å². The van der Waals surface area contributed by atoms with Gasteiger partial charge in [-0.2, -0.15) is 0 Å². The van der Waals surface area contributed by atoms with Crippen LogP contribution in [0.2, 0.25) is 0 Å². The Hall–Kier alpha value is -2.74. The van der Waals surface area contributed by atoms with Crippen molar-refractivity contribution < 1.29 is 27.4 Å². The molecule has 2 aromatic rings. The van der Waals surface area contributed by atoms with Crippen molar-refractivity contribution in [1.29, 1.82) is 0 Å². The van der Waals surface area contributed by atoms with Crippen LogP contribution in [0.4, 0.5) is 5.69 Å². The summed E-state index contributed by atoms with van der Waals surface area (Å²) in [6, 6.07) is 10.6. The van der Waals surface area contributed by atoms with Crippen molar-refractivity contribution in [1.82, 2.24) is 0 Å². The molecule has 0 aromatic heterocycles. The molecule has 0 aliphatic carbocycles. The molecular formula is C17H17NO6S. The third-order valence-electron chi connectivity index (χ3n) is 3.61. The number of hydrogen-bond donors (Lipinski definition) is 1. The van der Waals surface area contributed by atoms with Crippen LogP contribution < -0.4 is 14.2 Å². The first kappa shape index (κ1) is 17.1. The van der Waals surface area contributed by atoms with Crippen LogP contribution in [-0.2, 0) is 14.8 Å². The Labute approximate surface area is 145 Å². The molecule has 0 saturated heterocycles. The minimum Gasteiger partial charge on any atom is -0.490 e. The SMILES string of the molecule is COC(=O)c1ccccc1NS(=O)(=O)c1ccc2c(c1)OCCCO2. The van der Waals surface area contributed by atoms with E-state index in [0.717, 1.165) is 6.42 Å². The normalized spacial score (nSPS) is 13.6. The second-order valence-corrected chi connectivity index (χ2v) is 6.98. The van der Waals surface area contributed by atoms with Gasteiger partial charge in [-0.1, -0.05) is 12.1 Å². The Morgan fingerprint density at radius 2 is 1.80 bits per heavy atom. The van der Waals surface area contributed by atoms with Gasteiger partial charge in [0.2, 0.25) is 0 Å². The summed E-state index contributed by atoms with van der Waals surface area (Å²) in [7, 11) is -2.68. The highest BCUT2D eigenvalue weighted by Gasteiger charge is 2.21. The molecule has 132 valence electrons. The predicted molar refractivity (Wildman–Crippen MR) is 90.6 cm³/mol. The second kappa shape index (κ2) is 7.02. The molecule has 1 N–H and O–H groups in total. The van der Waals surface area contributed by atoms with E-state index in [0.29, 0.717) is 24.7 Å². The lowest BCUT2D eigenvalue weighted by atomic mass is 10.2. The predicted octanol–water partition coefficient (Wildman–Crippen LogP) is 2.44. The number of para-hydroxylation sites is 1. The molecule has 0 amide bonds. The highest BCUT2D eigenvalue weighted by atomic mass is 32.2. The summed E-state index contributed by atoms with van der Waals surface area (Å²) in [4.78, 5) is 11.8. The average molecular weight is 363 g/mol. The monoisotopic (exact) mass is 363 g/mol. The Bertz CT molecular complexity index is 894. The van der Waals surface area contributed by atoms with Gasteiger partial charge in [0, 0.05) is 12.5 Å². The van der Waals surface area contributed by atoms with E-state index in [1.165, 1.54) is 31.4 Å². The zero-order chi connectivity index (χ0) is 17.9. The molecule has 2 aromatic carbocycles. The van der Waals surface area contributed by atoms with Gasteiger partial charge in [-0.25, -0.2) is 13.2 Å². The number of fused-ring (bicyclic) bond motifs is 1. The molecule has 1 aliphatic heterocycles. The van der Waals surface area contributed by atoms with E-state index in [2.05, 4.69) is 9.46 Å². The molecule has 1 heterocycles. The Morgan fingerprint density at radius 3 is 2.56 bits per heavy atom. The number of hydrogen-bond acceptors (Lipinski definition) is 6. The molecule has 0 fully saturated rings. The van der Waals surface area contributed by atoms with Crippen LogP contribution in [0.5, 0.6) is 11.5 Å². The van der Waals surface area contributed by atoms with Crippen LogP contribution in [0.15, 0.2) is 47.4 Å². The van der Waals surface area contributed by atoms with E-state index in [1.54, 1.807) is 18.2 Å². The van der Waals surface area contributed by atoms with Crippen LogP contribution in [0.25, 0.3) is 0 Å². The second-order valence-electron chi connectivity index (χ2n) is 5.30. The number of carbonyl (C=O) groups is 1. The van der Waals surface area contributed by atoms with Gasteiger partial charge in [-0.15, -0.1) is 0 Å². The lowest BCUT2D eigenvalue weighted by molar-refractivity contribution is 0.0602. The summed E-state index contributed by atoms with van der Waals surface area (Å²) in [5, 5.41) is 0. The van der Waals surface area contributed by atoms with Gasteiger partial charge in [-0.3, -0.25) is 4.72 Å². The van der Waals surface area contributed by atoms with Crippen molar-refractivity contribution in [3.8, 4) is 11.5 Å². The van der Waals surface area contributed by atoms with Crippen LogP contribution >= 0.6 is 0 Å². The van der Waals surface area contributed by atoms with Crippen LogP contribution in [0.3, 0.4) is 0 Å². The van der Waals surface area contributed by atoms with E-state index in [9.17, 15) is 13.2 Å². The minimum absolute atomic E-state index is 0.0106. The van der Waals surface area contributed by atoms with E-state index in [-0.39, 0.29) is 16.1 Å². The van der Waals surface area contributed by atoms with Crippen molar-refractivity contribution >= 4 is 21.7 Å². The van der Waals surface area contributed by atoms with Gasteiger partial charge >= 0.3 is 5.97 Å². The van der Waals surface area contributed by atoms with E-state index >= 15 is 0 Å². The maximum atomic E-state index is 12.7. The fraction of sp³-hybridized carbons (Fsp3) is 0.235. The van der Waals surface area contributed by atoms with Gasteiger partial charge in [-0.05, 0) is 24.3 Å². The number of benzene rings is 2. The molecule has 0 bridgehead atoms. The third-order valence-corrected chi connectivity index (χ3v) is 4.97. The summed E-state index contributed by atoms with van der Waals surface area (Å²) >= 11 is 0. The molecule has 0 atom stereocenters. The average Bonchev–Trinajstić information content (AvgIpc) is 2.86. The molecule has 1 aliphatic rings. The lowest BCUT2D eigenvalue weighted by Gasteiger charge is -2.13. The van der Waals surface area contributed by atoms with Crippen molar-refractivity contribution in [2.75, 3.05) is 25.0 Å². The molecule has 25 heavy (non-hydrogen) atoms. The van der Waals surface area contributed by atoms with Gasteiger partial charge in [0.05, 0.1) is 36.5 Å². The number of anilines is 1. The first-order valence-corrected chi connectivity index (χ1v) is 9.09. The Kier molecular flexibility index (Phi) is 4.80. The van der Waals surface area contributed by atoms with Gasteiger partial charge in [0.1, 0.15) is 0 Å². The Balaban J connectivity index is 1.93. The molecule has 0 saturated carbocycles. The van der Waals surface area contributed by atoms with E-state index in [4.69, 9.17) is 9.47 Å². The molecular weight excluding hydrogens is 346 g/mol. The van der Waals surface area contributed by atoms with Crippen LogP contribution in [0, 0.1) is 0 Å². The van der Waals surface area contributed by atoms with Gasteiger partial charge < -0.3 is 14.2 Å². The summed E-state index contributed by atoms with van der Waals surface area (Å²) in [5.41, 5.74) is 0.268. The highest BCUT2D eigenvalue weighted by molar-refractivity contribution is 7.92. The number of rotatable bonds is 4. The summed E-state index contributed by atoms with van der Waals surface area (Å²) in [6.45, 7) is 0.971. The number of sulfonamides is 1. The van der Waals surface area contributed by atoms with Crippen LogP contribution in [0.1, 0.15) is 16.8 Å². The first-order chi connectivity index (χ1) is 12.0. The minimum atomic E-state index is -3.92. The van der Waals surface area contributed by atoms with Gasteiger partial charge in [0.15, 0.2) is 11.5 Å². The Morgan fingerprint density at radius 1 is 1.08 bits per heavy atom. The zero-order valence-electron chi connectivity index (χ0n) is 13.5. The summed E-state index contributed by atoms with van der Waals surface area (Å²) < 4.78 is 43.5. The van der Waals surface area contributed by atoms with E-state index < -0.39 is 16.0 Å². The third kappa shape index (κ3) is 3.69. The van der Waals surface area contributed by atoms with Crippen LogP contribution in [-0.4, -0.2) is 34.7 Å². The summed E-state index contributed by atoms with van der Waals surface area (Å²) in [6.07, 6.45) is 0.724. The molecule has 7 nitrogen and oxygen atoms in total. The molecule has 0 spiro atoms. The van der Waals surface area contributed by atoms with E-state index in [1.807, 2.05) is 0 Å². The lowest BCUT2D eigenvalue weighted by Crippen LogP contribution is -2.16. The topological polar surface area (TPSA) is 90.9 Å². The quantitative estimate of drug-likeness (QED) is 0.839. The fourth-order valence-electron chi connectivity index (χ4n) is 2.37. The largest absolute Gasteiger partial charge is 0.490 e. The standard InChI is InChI=1S/C17H17NO6S/c1-22-17(19)13-5-2-3-6-14(13)18-25(20,21)12-7-8-15-16(11-12)24-10-4-9-23-15/h2-3,5-8,11,18H,4,9-10H2,1H3. The first-order valence-electron chi connectivity index (χ1n) is 7.61. The van der Waals surface area contributed by atoms with Crippen molar-refractivity contribution in [3.63, 3.8) is 0 Å². The number of methoxy groups -OCH3 is 1. The maximum Gasteiger partial charge on any atom is 0.339 e. The molecule has 0 radical (unpaired) electrons. The smallest absolute Gasteiger partial charge is 0.339 e. The van der Waals surface area contributed by atoms with Crippen molar-refractivity contribution in [2.24, 2.45) is 0 Å². The fourth-order valence-corrected chi connectivity index (χ4v) is 3.47. The zero-order valence-corrected chi connectivity index (χ0v) is 14.3.